The van der Waals surface area contributed by atoms with E-state index in [0.29, 0.717) is 12.1 Å². The number of carbonyl (C=O) groups is 1. The first kappa shape index (κ1) is 17.2. The van der Waals surface area contributed by atoms with Gasteiger partial charge in [0.1, 0.15) is 5.82 Å². The van der Waals surface area contributed by atoms with Crippen molar-refractivity contribution in [2.75, 3.05) is 0 Å². The van der Waals surface area contributed by atoms with Crippen molar-refractivity contribution in [1.29, 1.82) is 0 Å². The van der Waals surface area contributed by atoms with Crippen LogP contribution in [0.4, 0.5) is 4.39 Å². The minimum Gasteiger partial charge on any atom is -0.360 e. The molecule has 27 heavy (non-hydrogen) atoms. The van der Waals surface area contributed by atoms with Gasteiger partial charge in [-0.3, -0.25) is 10.1 Å². The Morgan fingerprint density at radius 1 is 0.926 bits per heavy atom. The maximum Gasteiger partial charge on any atom is 0.186 e. The molecule has 0 aliphatic carbocycles. The van der Waals surface area contributed by atoms with Gasteiger partial charge < -0.3 is 4.98 Å². The lowest BCUT2D eigenvalue weighted by Gasteiger charge is -2.18. The van der Waals surface area contributed by atoms with Crippen molar-refractivity contribution in [3.05, 3.63) is 108 Å². The second-order valence-corrected chi connectivity index (χ2v) is 6.46. The Hall–Kier alpha value is -3.24. The number of para-hydroxylation sites is 1. The number of ketones is 1. The lowest BCUT2D eigenvalue weighted by molar-refractivity contribution is 0.0943. The molecule has 134 valence electrons. The fourth-order valence-corrected chi connectivity index (χ4v) is 3.26. The van der Waals surface area contributed by atoms with Crippen molar-refractivity contribution in [2.24, 2.45) is 0 Å². The summed E-state index contributed by atoms with van der Waals surface area (Å²) in [5.41, 5.74) is 3.41. The van der Waals surface area contributed by atoms with Crippen LogP contribution in [0, 0.1) is 5.82 Å². The van der Waals surface area contributed by atoms with E-state index in [-0.39, 0.29) is 11.6 Å². The Morgan fingerprint density at radius 2 is 1.63 bits per heavy atom. The van der Waals surface area contributed by atoms with E-state index in [1.54, 1.807) is 18.3 Å². The van der Waals surface area contributed by atoms with Gasteiger partial charge in [0.05, 0.1) is 6.04 Å². The summed E-state index contributed by atoms with van der Waals surface area (Å²) in [6.45, 7) is 0.466. The molecule has 4 rings (SSSR count). The number of nitrogens with one attached hydrogen (secondary N) is 2. The monoisotopic (exact) mass is 358 g/mol. The number of hydrogen-bond donors (Lipinski definition) is 2. The quantitative estimate of drug-likeness (QED) is 0.475. The number of benzene rings is 3. The van der Waals surface area contributed by atoms with Gasteiger partial charge in [-0.2, -0.15) is 0 Å². The summed E-state index contributed by atoms with van der Waals surface area (Å²) in [7, 11) is 0. The van der Waals surface area contributed by atoms with Gasteiger partial charge in [-0.1, -0.05) is 60.7 Å². The molecule has 0 aliphatic rings. The lowest BCUT2D eigenvalue weighted by atomic mass is 9.96. The third-order valence-corrected chi connectivity index (χ3v) is 4.67. The largest absolute Gasteiger partial charge is 0.360 e. The fourth-order valence-electron chi connectivity index (χ4n) is 3.26. The van der Waals surface area contributed by atoms with Crippen LogP contribution in [0.25, 0.3) is 10.9 Å². The molecule has 1 atom stereocenters. The van der Waals surface area contributed by atoms with E-state index in [0.717, 1.165) is 22.0 Å². The number of rotatable bonds is 6. The van der Waals surface area contributed by atoms with E-state index in [2.05, 4.69) is 10.3 Å². The summed E-state index contributed by atoms with van der Waals surface area (Å²) in [6.07, 6.45) is 1.77. The average molecular weight is 358 g/mol. The van der Waals surface area contributed by atoms with Crippen LogP contribution in [-0.2, 0) is 6.54 Å². The Labute approximate surface area is 156 Å². The maximum absolute atomic E-state index is 13.4. The first-order chi connectivity index (χ1) is 13.2. The topological polar surface area (TPSA) is 44.9 Å². The molecule has 3 nitrogen and oxygen atoms in total. The average Bonchev–Trinajstić information content (AvgIpc) is 3.14. The summed E-state index contributed by atoms with van der Waals surface area (Å²) >= 11 is 0. The van der Waals surface area contributed by atoms with Crippen LogP contribution >= 0.6 is 0 Å². The standard InChI is InChI=1S/C23H19FN2O/c24-18-12-10-16(11-13-18)14-26-22(17-6-2-1-3-7-17)23(27)20-15-25-21-9-5-4-8-19(20)21/h1-13,15,22,25-26H,14H2. The molecule has 2 N–H and O–H groups in total. The first-order valence-electron chi connectivity index (χ1n) is 8.85. The summed E-state index contributed by atoms with van der Waals surface area (Å²) in [5.74, 6) is -0.269. The Kier molecular flexibility index (Phi) is 4.81. The highest BCUT2D eigenvalue weighted by Crippen LogP contribution is 2.25. The predicted octanol–water partition coefficient (Wildman–Crippen LogP) is 5.02. The zero-order valence-electron chi connectivity index (χ0n) is 14.7. The molecule has 1 aromatic heterocycles. The van der Waals surface area contributed by atoms with Crippen LogP contribution in [0.5, 0.6) is 0 Å². The van der Waals surface area contributed by atoms with E-state index in [1.807, 2.05) is 54.6 Å². The third kappa shape index (κ3) is 3.66. The summed E-state index contributed by atoms with van der Waals surface area (Å²) in [5, 5.41) is 4.25. The van der Waals surface area contributed by atoms with Gasteiger partial charge in [0.15, 0.2) is 5.78 Å². The van der Waals surface area contributed by atoms with Crippen LogP contribution in [-0.4, -0.2) is 10.8 Å². The normalized spacial score (nSPS) is 12.2. The summed E-state index contributed by atoms with van der Waals surface area (Å²) in [6, 6.07) is 23.2. The molecule has 4 heteroatoms. The van der Waals surface area contributed by atoms with Crippen molar-refractivity contribution >= 4 is 16.7 Å². The highest BCUT2D eigenvalue weighted by atomic mass is 19.1. The lowest BCUT2D eigenvalue weighted by Crippen LogP contribution is -2.28. The molecule has 0 spiro atoms. The molecule has 0 fully saturated rings. The second kappa shape index (κ2) is 7.56. The Balaban J connectivity index is 1.65. The Bertz CT molecular complexity index is 1050. The van der Waals surface area contributed by atoms with E-state index in [4.69, 9.17) is 0 Å². The van der Waals surface area contributed by atoms with Crippen molar-refractivity contribution in [3.8, 4) is 0 Å². The van der Waals surface area contributed by atoms with Gasteiger partial charge in [-0.15, -0.1) is 0 Å². The van der Waals surface area contributed by atoms with Crippen molar-refractivity contribution in [3.63, 3.8) is 0 Å². The number of aromatic amines is 1. The van der Waals surface area contributed by atoms with Gasteiger partial charge in [0, 0.05) is 29.2 Å². The van der Waals surface area contributed by atoms with Crippen molar-refractivity contribution in [2.45, 2.75) is 12.6 Å². The third-order valence-electron chi connectivity index (χ3n) is 4.67. The highest BCUT2D eigenvalue weighted by Gasteiger charge is 2.23. The van der Waals surface area contributed by atoms with Crippen molar-refractivity contribution < 1.29 is 9.18 Å². The number of halogens is 1. The molecular formula is C23H19FN2O. The molecular weight excluding hydrogens is 339 g/mol. The first-order valence-corrected chi connectivity index (χ1v) is 8.85. The molecule has 0 amide bonds. The maximum atomic E-state index is 13.4. The predicted molar refractivity (Wildman–Crippen MR) is 105 cm³/mol. The van der Waals surface area contributed by atoms with Crippen LogP contribution in [0.1, 0.15) is 27.5 Å². The van der Waals surface area contributed by atoms with Gasteiger partial charge in [-0.05, 0) is 29.3 Å². The number of aromatic nitrogens is 1. The van der Waals surface area contributed by atoms with E-state index in [9.17, 15) is 9.18 Å². The molecule has 3 aromatic carbocycles. The number of carbonyl (C=O) groups excluding carboxylic acids is 1. The molecule has 0 bridgehead atoms. The zero-order valence-corrected chi connectivity index (χ0v) is 14.7. The van der Waals surface area contributed by atoms with E-state index >= 15 is 0 Å². The van der Waals surface area contributed by atoms with Crippen LogP contribution in [0.3, 0.4) is 0 Å². The highest BCUT2D eigenvalue weighted by molar-refractivity contribution is 6.10. The minimum absolute atomic E-state index is 0.000705. The Morgan fingerprint density at radius 3 is 2.41 bits per heavy atom. The number of fused-ring (bicyclic) bond motifs is 1. The summed E-state index contributed by atoms with van der Waals surface area (Å²) in [4.78, 5) is 16.5. The van der Waals surface area contributed by atoms with Crippen molar-refractivity contribution in [1.82, 2.24) is 10.3 Å². The molecule has 0 saturated carbocycles. The summed E-state index contributed by atoms with van der Waals surface area (Å²) < 4.78 is 13.1. The van der Waals surface area contributed by atoms with Crippen LogP contribution in [0.2, 0.25) is 0 Å². The van der Waals surface area contributed by atoms with Crippen LogP contribution in [0.15, 0.2) is 85.1 Å². The molecule has 4 aromatic rings. The van der Waals surface area contributed by atoms with E-state index in [1.165, 1.54) is 12.1 Å². The molecule has 0 radical (unpaired) electrons. The zero-order chi connectivity index (χ0) is 18.6. The van der Waals surface area contributed by atoms with Gasteiger partial charge in [0.25, 0.3) is 0 Å². The van der Waals surface area contributed by atoms with E-state index < -0.39 is 6.04 Å². The van der Waals surface area contributed by atoms with Gasteiger partial charge in [-0.25, -0.2) is 4.39 Å². The second-order valence-electron chi connectivity index (χ2n) is 6.46. The number of hydrogen-bond acceptors (Lipinski definition) is 2. The fraction of sp³-hybridized carbons (Fsp3) is 0.0870. The number of H-pyrrole nitrogens is 1. The molecule has 1 unspecified atom stereocenters. The molecule has 0 aliphatic heterocycles. The van der Waals surface area contributed by atoms with Gasteiger partial charge in [0.2, 0.25) is 0 Å². The SMILES string of the molecule is O=C(c1c[nH]c2ccccc12)C(NCc1ccc(F)cc1)c1ccccc1. The van der Waals surface area contributed by atoms with Crippen LogP contribution < -0.4 is 5.32 Å². The molecule has 0 saturated heterocycles. The molecule has 1 heterocycles. The van der Waals surface area contributed by atoms with Gasteiger partial charge >= 0.3 is 0 Å². The smallest absolute Gasteiger partial charge is 0.186 e. The minimum atomic E-state index is -0.490. The number of Topliss-reactive ketones (excluding diaryl/α,β-unsaturated/α-hetero) is 1.